The Kier molecular flexibility index (Phi) is 13.4. The van der Waals surface area contributed by atoms with E-state index in [1.807, 2.05) is 4.90 Å². The fourth-order valence-corrected chi connectivity index (χ4v) is 4.09. The van der Waals surface area contributed by atoms with Crippen molar-refractivity contribution in [2.75, 3.05) is 47.9 Å². The number of guanidine groups is 1. The van der Waals surface area contributed by atoms with Crippen LogP contribution in [0.3, 0.4) is 0 Å². The number of aliphatic carboxylic acids is 3. The average molecular weight is 634 g/mol. The minimum Gasteiger partial charge on any atom is -0.481 e. The first-order valence-electron chi connectivity index (χ1n) is 13.7. The molecule has 1 aliphatic rings. The normalized spacial score (nSPS) is 14.7. The Morgan fingerprint density at radius 1 is 1.13 bits per heavy atom. The number of amides is 1. The number of benzene rings is 1. The molecule has 2 aromatic rings. The molecule has 15 N–H and O–H groups in total. The van der Waals surface area contributed by atoms with Gasteiger partial charge in [0.1, 0.15) is 17.8 Å². The maximum atomic E-state index is 12.3. The smallest absolute Gasteiger partial charge is 0.326 e. The minimum absolute atomic E-state index is 0.0388. The maximum Gasteiger partial charge on any atom is 0.326 e. The molecule has 0 radical (unpaired) electrons. The van der Waals surface area contributed by atoms with Gasteiger partial charge in [-0.2, -0.15) is 4.98 Å². The molecule has 1 amide bonds. The molecular weight excluding hydrogens is 594 g/mol. The molecule has 0 fully saturated rings. The molecule has 0 saturated carbocycles. The van der Waals surface area contributed by atoms with Crippen LogP contribution in [0.4, 0.5) is 23.1 Å². The van der Waals surface area contributed by atoms with Crippen LogP contribution in [0, 0.1) is 5.41 Å². The third-order valence-corrected chi connectivity index (χ3v) is 6.58. The molecule has 0 bridgehead atoms. The van der Waals surface area contributed by atoms with E-state index in [0.29, 0.717) is 44.0 Å². The summed E-state index contributed by atoms with van der Waals surface area (Å²) in [5, 5.41) is 44.3. The number of carboxylic acid groups (broad SMARTS) is 3. The van der Waals surface area contributed by atoms with E-state index in [4.69, 9.17) is 32.8 Å². The van der Waals surface area contributed by atoms with Gasteiger partial charge < -0.3 is 58.7 Å². The maximum absolute atomic E-state index is 12.3. The van der Waals surface area contributed by atoms with Crippen LogP contribution in [0.2, 0.25) is 0 Å². The number of carbonyl (C=O) groups excluding carboxylic acids is 1. The van der Waals surface area contributed by atoms with E-state index in [9.17, 15) is 29.1 Å². The summed E-state index contributed by atoms with van der Waals surface area (Å²) in [6.45, 7) is 1.49. The second kappa shape index (κ2) is 16.9. The lowest BCUT2D eigenvalue weighted by Crippen LogP contribution is -2.48. The summed E-state index contributed by atoms with van der Waals surface area (Å²) in [4.78, 5) is 65.1. The van der Waals surface area contributed by atoms with Gasteiger partial charge >= 0.3 is 17.9 Å². The Morgan fingerprint density at radius 2 is 1.80 bits per heavy atom. The Bertz CT molecular complexity index is 1420. The molecule has 3 atom stereocenters. The number of rotatable bonds is 14. The number of carbonyl (C=O) groups is 4. The molecule has 1 aromatic heterocycles. The third kappa shape index (κ3) is 11.5. The van der Waals surface area contributed by atoms with Crippen LogP contribution >= 0.6 is 0 Å². The summed E-state index contributed by atoms with van der Waals surface area (Å²) in [5.74, 6) is -3.70. The van der Waals surface area contributed by atoms with Crippen molar-refractivity contribution in [2.45, 2.75) is 43.8 Å². The minimum atomic E-state index is -1.30. The molecule has 1 aromatic carbocycles. The van der Waals surface area contributed by atoms with Gasteiger partial charge in [0.15, 0.2) is 11.8 Å². The SMILES string of the molecule is CN1c2c(nc(N)[nH]c2=O)NCC1CNc1ccc(C(=O)NC(CCC(=O)O)C(=O)O)cc1.N=C(N)NCCC[C@H](N)C(=O)O. The second-order valence-electron chi connectivity index (χ2n) is 9.98. The van der Waals surface area contributed by atoms with Crippen molar-refractivity contribution < 1.29 is 34.5 Å². The highest BCUT2D eigenvalue weighted by Gasteiger charge is 2.27. The van der Waals surface area contributed by atoms with E-state index in [2.05, 4.69) is 31.2 Å². The summed E-state index contributed by atoms with van der Waals surface area (Å²) in [6, 6.07) is 4.21. The van der Waals surface area contributed by atoms with Crippen molar-refractivity contribution >= 4 is 52.9 Å². The molecule has 0 spiro atoms. The Morgan fingerprint density at radius 3 is 2.38 bits per heavy atom. The molecule has 0 saturated heterocycles. The summed E-state index contributed by atoms with van der Waals surface area (Å²) >= 11 is 0. The van der Waals surface area contributed by atoms with E-state index in [-0.39, 0.29) is 41.9 Å². The van der Waals surface area contributed by atoms with Gasteiger partial charge in [-0.1, -0.05) is 0 Å². The van der Waals surface area contributed by atoms with Crippen LogP contribution in [0.5, 0.6) is 0 Å². The standard InChI is InChI=1S/C20H25N7O6.C6H14N4O2/c1-27-12(9-23-16-15(27)18(31)26-20(21)25-16)8-22-11-4-2-10(3-5-11)17(30)24-13(19(32)33)6-7-14(28)29;7-4(5(11)12)2-1-3-10-6(8)9/h2-5,12-13,22H,6-9H2,1H3,(H,24,30)(H,28,29)(H,32,33)(H4,21,23,25,26,31);4H,1-3,7H2,(H,11,12)(H4,8,9,10)/t;4-/m.0/s1. The largest absolute Gasteiger partial charge is 0.481 e. The highest BCUT2D eigenvalue weighted by Crippen LogP contribution is 2.25. The van der Waals surface area contributed by atoms with E-state index in [1.165, 1.54) is 12.1 Å². The molecule has 1 aliphatic heterocycles. The molecule has 2 unspecified atom stereocenters. The summed E-state index contributed by atoms with van der Waals surface area (Å²) in [5.41, 5.74) is 16.8. The van der Waals surface area contributed by atoms with Gasteiger partial charge in [0.2, 0.25) is 5.95 Å². The van der Waals surface area contributed by atoms with Gasteiger partial charge in [0, 0.05) is 44.4 Å². The van der Waals surface area contributed by atoms with Crippen LogP contribution in [0.25, 0.3) is 0 Å². The number of aromatic nitrogens is 2. The predicted molar refractivity (Wildman–Crippen MR) is 165 cm³/mol. The molecule has 2 heterocycles. The van der Waals surface area contributed by atoms with Crippen molar-refractivity contribution in [2.24, 2.45) is 11.5 Å². The highest BCUT2D eigenvalue weighted by atomic mass is 16.4. The number of nitrogens with two attached hydrogens (primary N) is 3. The van der Waals surface area contributed by atoms with E-state index in [1.54, 1.807) is 19.2 Å². The van der Waals surface area contributed by atoms with Crippen molar-refractivity contribution in [3.63, 3.8) is 0 Å². The lowest BCUT2D eigenvalue weighted by atomic mass is 10.1. The van der Waals surface area contributed by atoms with Crippen LogP contribution in [-0.4, -0.2) is 99.9 Å². The van der Waals surface area contributed by atoms with Gasteiger partial charge in [-0.25, -0.2) is 4.79 Å². The van der Waals surface area contributed by atoms with Gasteiger partial charge in [-0.15, -0.1) is 0 Å². The van der Waals surface area contributed by atoms with Gasteiger partial charge in [0.05, 0.1) is 6.04 Å². The summed E-state index contributed by atoms with van der Waals surface area (Å²) in [7, 11) is 1.79. The number of fused-ring (bicyclic) bond motifs is 1. The lowest BCUT2D eigenvalue weighted by molar-refractivity contribution is -0.141. The number of nitrogens with zero attached hydrogens (tertiary/aromatic N) is 2. The van der Waals surface area contributed by atoms with Gasteiger partial charge in [0.25, 0.3) is 11.5 Å². The predicted octanol–water partition coefficient (Wildman–Crippen LogP) is -1.60. The number of aromatic amines is 1. The third-order valence-electron chi connectivity index (χ3n) is 6.58. The first-order chi connectivity index (χ1) is 21.2. The Labute approximate surface area is 257 Å². The van der Waals surface area contributed by atoms with Crippen LogP contribution in [-0.2, 0) is 14.4 Å². The fourth-order valence-electron chi connectivity index (χ4n) is 4.09. The lowest BCUT2D eigenvalue weighted by Gasteiger charge is -2.35. The van der Waals surface area contributed by atoms with E-state index >= 15 is 0 Å². The summed E-state index contributed by atoms with van der Waals surface area (Å²) in [6.07, 6.45) is 0.389. The first-order valence-corrected chi connectivity index (χ1v) is 13.7. The zero-order valence-corrected chi connectivity index (χ0v) is 24.5. The van der Waals surface area contributed by atoms with Crippen molar-refractivity contribution in [1.29, 1.82) is 5.41 Å². The second-order valence-corrected chi connectivity index (χ2v) is 9.98. The number of nitrogen functional groups attached to an aromatic ring is 1. The topological polar surface area (TPSA) is 328 Å². The number of hydrogen-bond donors (Lipinski definition) is 12. The fraction of sp³-hybridized carbons (Fsp3) is 0.423. The number of H-pyrrole nitrogens is 1. The molecular formula is C26H39N11O8. The Hall–Kier alpha value is -5.59. The molecule has 45 heavy (non-hydrogen) atoms. The van der Waals surface area contributed by atoms with Crippen LogP contribution in [0.15, 0.2) is 29.1 Å². The van der Waals surface area contributed by atoms with Gasteiger partial charge in [-0.05, 0) is 43.5 Å². The van der Waals surface area contributed by atoms with Crippen LogP contribution < -0.4 is 48.9 Å². The number of hydrogen-bond acceptors (Lipinski definition) is 12. The quantitative estimate of drug-likeness (QED) is 0.0633. The van der Waals surface area contributed by atoms with E-state index in [0.717, 1.165) is 5.69 Å². The van der Waals surface area contributed by atoms with Gasteiger partial charge in [-0.3, -0.25) is 29.6 Å². The highest BCUT2D eigenvalue weighted by molar-refractivity contribution is 5.97. The van der Waals surface area contributed by atoms with Crippen LogP contribution in [0.1, 0.15) is 36.0 Å². The monoisotopic (exact) mass is 633 g/mol. The number of anilines is 4. The number of nitrogens with one attached hydrogen (secondary N) is 6. The molecule has 19 heteroatoms. The average Bonchev–Trinajstić information content (AvgIpc) is 2.96. The zero-order chi connectivity index (χ0) is 33.7. The number of likely N-dealkylation sites (N-methyl/N-ethyl adjacent to an activating group) is 1. The zero-order valence-electron chi connectivity index (χ0n) is 24.5. The molecule has 0 aliphatic carbocycles. The molecule has 3 rings (SSSR count). The van der Waals surface area contributed by atoms with E-state index < -0.39 is 35.9 Å². The first kappa shape index (κ1) is 35.6. The number of carboxylic acids is 3. The Balaban J connectivity index is 0.000000498. The molecule has 19 nitrogen and oxygen atoms in total. The van der Waals surface area contributed by atoms with Crippen molar-refractivity contribution in [3.05, 3.63) is 40.2 Å². The van der Waals surface area contributed by atoms with Crippen molar-refractivity contribution in [3.8, 4) is 0 Å². The molecule has 246 valence electrons. The summed E-state index contributed by atoms with van der Waals surface area (Å²) < 4.78 is 0. The van der Waals surface area contributed by atoms with Crippen molar-refractivity contribution in [1.82, 2.24) is 20.6 Å².